The van der Waals surface area contributed by atoms with Crippen molar-refractivity contribution in [2.45, 2.75) is 34.1 Å². The minimum atomic E-state index is -1.54. The molecule has 1 atom stereocenters. The van der Waals surface area contributed by atoms with Gasteiger partial charge in [-0.15, -0.1) is 4.33 Å². The van der Waals surface area contributed by atoms with Gasteiger partial charge in [0.15, 0.2) is 11.1 Å². The first-order valence-electron chi connectivity index (χ1n) is 3.51. The van der Waals surface area contributed by atoms with E-state index in [2.05, 4.69) is 23.2 Å². The van der Waals surface area contributed by atoms with Crippen LogP contribution in [-0.2, 0) is 20.5 Å². The third-order valence-corrected chi connectivity index (χ3v) is 0.379. The number of hydrogen-bond donors (Lipinski definition) is 1. The van der Waals surface area contributed by atoms with Crippen LogP contribution in [0.25, 0.3) is 0 Å². The predicted octanol–water partition coefficient (Wildman–Crippen LogP) is 2.14. The van der Waals surface area contributed by atoms with E-state index in [1.54, 1.807) is 0 Å². The van der Waals surface area contributed by atoms with Crippen LogP contribution >= 0.6 is 0 Å². The highest BCUT2D eigenvalue weighted by atomic mass is 32.2. The van der Waals surface area contributed by atoms with Crippen LogP contribution < -0.4 is 0 Å². The Balaban J connectivity index is -0.000000109. The molecule has 0 saturated heterocycles. The molecule has 5 heteroatoms. The monoisotopic (exact) mass is 186 g/mol. The van der Waals surface area contributed by atoms with Gasteiger partial charge in [-0.05, 0) is 0 Å². The lowest BCUT2D eigenvalue weighted by Crippen LogP contribution is -1.90. The molecule has 0 amide bonds. The molecule has 72 valence electrons. The van der Waals surface area contributed by atoms with E-state index in [0.717, 1.165) is 0 Å². The summed E-state index contributed by atoms with van der Waals surface area (Å²) in [6.45, 7) is 8.25. The van der Waals surface area contributed by atoms with Crippen LogP contribution in [-0.4, -0.2) is 15.7 Å². The molecular formula is C6H18O4S. The molecule has 0 aliphatic carbocycles. The predicted molar refractivity (Wildman–Crippen MR) is 46.2 cm³/mol. The van der Waals surface area contributed by atoms with Crippen LogP contribution in [0.15, 0.2) is 0 Å². The van der Waals surface area contributed by atoms with Gasteiger partial charge in [0.05, 0.1) is 0 Å². The first-order valence-corrected chi connectivity index (χ1v) is 4.99. The van der Waals surface area contributed by atoms with Crippen molar-refractivity contribution in [2.75, 3.05) is 6.26 Å². The first kappa shape index (κ1) is 17.2. The van der Waals surface area contributed by atoms with E-state index in [4.69, 9.17) is 5.26 Å². The lowest BCUT2D eigenvalue weighted by atomic mass is 10.6. The third kappa shape index (κ3) is 70.4. The maximum Gasteiger partial charge on any atom is 0.187 e. The molecule has 0 heterocycles. The molecule has 0 saturated carbocycles. The maximum absolute atomic E-state index is 9.65. The molecule has 0 aromatic carbocycles. The molecule has 1 N–H and O–H groups in total. The molecule has 0 aliphatic heterocycles. The zero-order valence-electron chi connectivity index (χ0n) is 7.79. The molecule has 0 aromatic rings. The van der Waals surface area contributed by atoms with Crippen molar-refractivity contribution in [3.05, 3.63) is 0 Å². The quantitative estimate of drug-likeness (QED) is 0.530. The SMILES string of the molecule is CC.CCC.CS(=O)OOO. The zero-order chi connectivity index (χ0) is 9.70. The molecule has 0 bridgehead atoms. The van der Waals surface area contributed by atoms with Gasteiger partial charge in [-0.1, -0.05) is 39.2 Å². The molecule has 0 aromatic heterocycles. The summed E-state index contributed by atoms with van der Waals surface area (Å²) in [5.74, 6) is 0. The lowest BCUT2D eigenvalue weighted by Gasteiger charge is -1.83. The van der Waals surface area contributed by atoms with Crippen molar-refractivity contribution >= 4 is 11.1 Å². The standard InChI is InChI=1S/C3H8.C2H6.CH4O4S/c1-3-2;1-2;1-6(3)5-4-2/h3H2,1-2H3;1-2H3;2H,1H3. The van der Waals surface area contributed by atoms with Crippen LogP contribution in [0.3, 0.4) is 0 Å². The smallest absolute Gasteiger partial charge is 0.187 e. The van der Waals surface area contributed by atoms with E-state index >= 15 is 0 Å². The average Bonchev–Trinajstić information content (AvgIpc) is 1.93. The highest BCUT2D eigenvalue weighted by molar-refractivity contribution is 7.79. The Morgan fingerprint density at radius 3 is 1.64 bits per heavy atom. The third-order valence-electron chi connectivity index (χ3n) is 0.126. The molecule has 4 nitrogen and oxygen atoms in total. The van der Waals surface area contributed by atoms with Gasteiger partial charge in [-0.25, -0.2) is 9.47 Å². The van der Waals surface area contributed by atoms with Gasteiger partial charge in [-0.3, -0.25) is 0 Å². The second kappa shape index (κ2) is 22.5. The summed E-state index contributed by atoms with van der Waals surface area (Å²) in [7, 11) is 0. The minimum absolute atomic E-state index is 1.22. The summed E-state index contributed by atoms with van der Waals surface area (Å²) in [6.07, 6.45) is 2.47. The Kier molecular flexibility index (Phi) is 35.2. The number of hydrogen-bond acceptors (Lipinski definition) is 4. The molecule has 11 heavy (non-hydrogen) atoms. The van der Waals surface area contributed by atoms with Crippen molar-refractivity contribution in [1.29, 1.82) is 0 Å². The Morgan fingerprint density at radius 1 is 1.36 bits per heavy atom. The van der Waals surface area contributed by atoms with Gasteiger partial charge < -0.3 is 0 Å². The largest absolute Gasteiger partial charge is 0.227 e. The molecule has 1 unspecified atom stereocenters. The molecule has 0 aliphatic rings. The molecule has 0 radical (unpaired) electrons. The average molecular weight is 186 g/mol. The van der Waals surface area contributed by atoms with Crippen LogP contribution in [0.1, 0.15) is 34.1 Å². The van der Waals surface area contributed by atoms with E-state index in [9.17, 15) is 4.21 Å². The topological polar surface area (TPSA) is 55.8 Å². The van der Waals surface area contributed by atoms with Crippen molar-refractivity contribution in [1.82, 2.24) is 0 Å². The van der Waals surface area contributed by atoms with E-state index in [0.29, 0.717) is 0 Å². The van der Waals surface area contributed by atoms with Gasteiger partial charge >= 0.3 is 0 Å². The van der Waals surface area contributed by atoms with Crippen molar-refractivity contribution in [3.8, 4) is 0 Å². The molecule has 0 rings (SSSR count). The van der Waals surface area contributed by atoms with Crippen molar-refractivity contribution in [3.63, 3.8) is 0 Å². The zero-order valence-corrected chi connectivity index (χ0v) is 8.60. The summed E-state index contributed by atoms with van der Waals surface area (Å²) in [6, 6.07) is 0. The summed E-state index contributed by atoms with van der Waals surface area (Å²) in [4.78, 5) is 0. The maximum atomic E-state index is 9.65. The van der Waals surface area contributed by atoms with Crippen LogP contribution in [0, 0.1) is 0 Å². The molecular weight excluding hydrogens is 168 g/mol. The van der Waals surface area contributed by atoms with Gasteiger partial charge in [0, 0.05) is 6.26 Å². The van der Waals surface area contributed by atoms with Crippen molar-refractivity contribution in [2.24, 2.45) is 0 Å². The molecule has 0 spiro atoms. The number of rotatable bonds is 2. The summed E-state index contributed by atoms with van der Waals surface area (Å²) >= 11 is -1.54. The summed E-state index contributed by atoms with van der Waals surface area (Å²) < 4.78 is 13.2. The van der Waals surface area contributed by atoms with E-state index in [1.807, 2.05) is 13.8 Å². The van der Waals surface area contributed by atoms with E-state index < -0.39 is 11.1 Å². The van der Waals surface area contributed by atoms with Crippen LogP contribution in [0.2, 0.25) is 0 Å². The van der Waals surface area contributed by atoms with Gasteiger partial charge in [0.1, 0.15) is 0 Å². The van der Waals surface area contributed by atoms with Gasteiger partial charge in [-0.2, -0.15) is 0 Å². The fourth-order valence-electron chi connectivity index (χ4n) is 0.0429. The Morgan fingerprint density at radius 2 is 1.64 bits per heavy atom. The highest BCUT2D eigenvalue weighted by Crippen LogP contribution is 1.73. The van der Waals surface area contributed by atoms with Crippen LogP contribution in [0.5, 0.6) is 0 Å². The summed E-state index contributed by atoms with van der Waals surface area (Å²) in [5.41, 5.74) is 0. The Bertz CT molecular complexity index is 67.6. The summed E-state index contributed by atoms with van der Waals surface area (Å²) in [5, 5.41) is 10.3. The van der Waals surface area contributed by atoms with Crippen LogP contribution in [0.4, 0.5) is 0 Å². The first-order chi connectivity index (χ1) is 5.18. The fourth-order valence-corrected chi connectivity index (χ4v) is 0.129. The Hall–Kier alpha value is 0.0300. The second-order valence-electron chi connectivity index (χ2n) is 1.25. The second-order valence-corrected chi connectivity index (χ2v) is 2.19. The minimum Gasteiger partial charge on any atom is -0.227 e. The normalized spacial score (nSPS) is 10.0. The molecule has 0 fully saturated rings. The van der Waals surface area contributed by atoms with Gasteiger partial charge in [0.25, 0.3) is 0 Å². The highest BCUT2D eigenvalue weighted by Gasteiger charge is 1.82. The lowest BCUT2D eigenvalue weighted by molar-refractivity contribution is -0.434. The fraction of sp³-hybridized carbons (Fsp3) is 1.00. The Labute approximate surface area is 71.0 Å². The van der Waals surface area contributed by atoms with Gasteiger partial charge in [0.2, 0.25) is 0 Å². The van der Waals surface area contributed by atoms with Crippen molar-refractivity contribution < 1.29 is 18.8 Å². The van der Waals surface area contributed by atoms with E-state index in [1.165, 1.54) is 12.7 Å². The van der Waals surface area contributed by atoms with E-state index in [-0.39, 0.29) is 0 Å².